The summed E-state index contributed by atoms with van der Waals surface area (Å²) in [7, 11) is 0. The lowest BCUT2D eigenvalue weighted by atomic mass is 10.3. The maximum absolute atomic E-state index is 11.3. The number of nitrogens with zero attached hydrogens (tertiary/aromatic N) is 1. The summed E-state index contributed by atoms with van der Waals surface area (Å²) in [4.78, 5) is 13.1. The van der Waals surface area contributed by atoms with E-state index in [1.54, 1.807) is 4.90 Å². The van der Waals surface area contributed by atoms with Gasteiger partial charge in [0.25, 0.3) is 0 Å². The molecule has 0 N–H and O–H groups in total. The third kappa shape index (κ3) is 4.44. The Hall–Kier alpha value is -0.440. The second-order valence-electron chi connectivity index (χ2n) is 2.84. The van der Waals surface area contributed by atoms with Crippen LogP contribution >= 0.6 is 12.6 Å². The molecule has 12 heavy (non-hydrogen) atoms. The van der Waals surface area contributed by atoms with Gasteiger partial charge >= 0.3 is 0 Å². The van der Waals surface area contributed by atoms with Gasteiger partial charge < -0.3 is 4.90 Å². The molecule has 0 fully saturated rings. The minimum atomic E-state index is 0.163. The average Bonchev–Trinajstić information content (AvgIpc) is 2.00. The Labute approximate surface area is 80.0 Å². The second-order valence-corrected chi connectivity index (χ2v) is 3.29. The average molecular weight is 187 g/mol. The zero-order valence-electron chi connectivity index (χ0n) is 7.84. The van der Waals surface area contributed by atoms with Gasteiger partial charge in [-0.05, 0) is 19.6 Å². The van der Waals surface area contributed by atoms with Crippen LogP contribution in [0.5, 0.6) is 0 Å². The van der Waals surface area contributed by atoms with Gasteiger partial charge in [0, 0.05) is 19.5 Å². The Morgan fingerprint density at radius 3 is 2.50 bits per heavy atom. The highest BCUT2D eigenvalue weighted by Gasteiger charge is 2.09. The van der Waals surface area contributed by atoms with E-state index in [0.717, 1.165) is 12.1 Å². The van der Waals surface area contributed by atoms with E-state index in [1.165, 1.54) is 0 Å². The normalized spacial score (nSPS) is 9.58. The summed E-state index contributed by atoms with van der Waals surface area (Å²) in [5, 5.41) is 0. The summed E-state index contributed by atoms with van der Waals surface area (Å²) >= 11 is 4.01. The number of amides is 1. The quantitative estimate of drug-likeness (QED) is 0.513. The zero-order chi connectivity index (χ0) is 9.56. The molecule has 0 saturated carbocycles. The van der Waals surface area contributed by atoms with Crippen LogP contribution in [-0.2, 0) is 4.79 Å². The van der Waals surface area contributed by atoms with E-state index < -0.39 is 0 Å². The van der Waals surface area contributed by atoms with Gasteiger partial charge in [0.1, 0.15) is 0 Å². The van der Waals surface area contributed by atoms with Crippen LogP contribution in [0.1, 0.15) is 20.3 Å². The molecule has 0 aliphatic carbocycles. The summed E-state index contributed by atoms with van der Waals surface area (Å²) in [5.74, 6) is 0.779. The monoisotopic (exact) mass is 187 g/mol. The molecule has 3 heteroatoms. The fourth-order valence-electron chi connectivity index (χ4n) is 0.956. The maximum Gasteiger partial charge on any atom is 0.223 e. The lowest BCUT2D eigenvalue weighted by Crippen LogP contribution is -2.32. The Morgan fingerprint density at radius 2 is 2.17 bits per heavy atom. The largest absolute Gasteiger partial charge is 0.339 e. The summed E-state index contributed by atoms with van der Waals surface area (Å²) in [6.07, 6.45) is 0.518. The molecule has 0 aromatic carbocycles. The smallest absolute Gasteiger partial charge is 0.223 e. The number of hydrogen-bond acceptors (Lipinski definition) is 2. The maximum atomic E-state index is 11.3. The molecule has 0 aromatic rings. The van der Waals surface area contributed by atoms with Crippen LogP contribution < -0.4 is 0 Å². The first-order valence-electron chi connectivity index (χ1n) is 4.14. The zero-order valence-corrected chi connectivity index (χ0v) is 8.73. The molecule has 0 atom stereocenters. The van der Waals surface area contributed by atoms with Gasteiger partial charge in [-0.25, -0.2) is 0 Å². The first-order valence-corrected chi connectivity index (χ1v) is 4.78. The number of rotatable bonds is 5. The van der Waals surface area contributed by atoms with Crippen molar-refractivity contribution in [2.24, 2.45) is 0 Å². The fraction of sp³-hybridized carbons (Fsp3) is 0.667. The van der Waals surface area contributed by atoms with Crippen molar-refractivity contribution in [1.29, 1.82) is 0 Å². The van der Waals surface area contributed by atoms with Crippen LogP contribution in [0.15, 0.2) is 12.2 Å². The van der Waals surface area contributed by atoms with Gasteiger partial charge in [-0.3, -0.25) is 4.79 Å². The number of carbonyl (C=O) groups is 1. The van der Waals surface area contributed by atoms with Crippen molar-refractivity contribution < 1.29 is 4.79 Å². The summed E-state index contributed by atoms with van der Waals surface area (Å²) < 4.78 is 0. The van der Waals surface area contributed by atoms with Crippen molar-refractivity contribution in [2.75, 3.05) is 18.8 Å². The molecule has 0 bridgehead atoms. The molecular formula is C9H17NOS. The second kappa shape index (κ2) is 6.12. The molecular weight excluding hydrogens is 170 g/mol. The number of carbonyl (C=O) groups excluding carboxylic acids is 1. The van der Waals surface area contributed by atoms with Gasteiger partial charge in [0.05, 0.1) is 0 Å². The van der Waals surface area contributed by atoms with Crippen molar-refractivity contribution in [3.63, 3.8) is 0 Å². The van der Waals surface area contributed by atoms with Gasteiger partial charge in [-0.2, -0.15) is 12.6 Å². The van der Waals surface area contributed by atoms with Crippen LogP contribution in [-0.4, -0.2) is 29.6 Å². The van der Waals surface area contributed by atoms with E-state index >= 15 is 0 Å². The lowest BCUT2D eigenvalue weighted by Gasteiger charge is -2.20. The van der Waals surface area contributed by atoms with E-state index in [1.807, 2.05) is 13.8 Å². The Kier molecular flexibility index (Phi) is 5.89. The molecule has 0 spiro atoms. The molecule has 0 aliphatic heterocycles. The third-order valence-corrected chi connectivity index (χ3v) is 1.74. The molecule has 0 rings (SSSR count). The Morgan fingerprint density at radius 1 is 1.58 bits per heavy atom. The number of hydrogen-bond donors (Lipinski definition) is 1. The van der Waals surface area contributed by atoms with E-state index in [-0.39, 0.29) is 5.91 Å². The van der Waals surface area contributed by atoms with Crippen LogP contribution in [0.4, 0.5) is 0 Å². The minimum absolute atomic E-state index is 0.163. The molecule has 0 radical (unpaired) electrons. The van der Waals surface area contributed by atoms with Crippen LogP contribution in [0, 0.1) is 0 Å². The number of thiol groups is 1. The number of likely N-dealkylation sites (N-methyl/N-ethyl adjacent to an activating group) is 1. The summed E-state index contributed by atoms with van der Waals surface area (Å²) in [5.41, 5.74) is 1.02. The van der Waals surface area contributed by atoms with Crippen molar-refractivity contribution in [1.82, 2.24) is 4.90 Å². The molecule has 0 heterocycles. The van der Waals surface area contributed by atoms with Crippen molar-refractivity contribution in [3.8, 4) is 0 Å². The Balaban J connectivity index is 3.96. The lowest BCUT2D eigenvalue weighted by molar-refractivity contribution is -0.130. The summed E-state index contributed by atoms with van der Waals surface area (Å²) in [6.45, 7) is 9.09. The highest BCUT2D eigenvalue weighted by atomic mass is 32.1. The topological polar surface area (TPSA) is 20.3 Å². The molecule has 2 nitrogen and oxygen atoms in total. The highest BCUT2D eigenvalue weighted by Crippen LogP contribution is 1.99. The molecule has 0 aliphatic rings. The van der Waals surface area contributed by atoms with E-state index in [4.69, 9.17) is 0 Å². The summed E-state index contributed by atoms with van der Waals surface area (Å²) in [6, 6.07) is 0. The van der Waals surface area contributed by atoms with E-state index in [0.29, 0.717) is 18.7 Å². The van der Waals surface area contributed by atoms with Crippen molar-refractivity contribution >= 4 is 18.5 Å². The highest BCUT2D eigenvalue weighted by molar-refractivity contribution is 7.80. The van der Waals surface area contributed by atoms with Crippen LogP contribution in [0.3, 0.4) is 0 Å². The van der Waals surface area contributed by atoms with Crippen LogP contribution in [0.25, 0.3) is 0 Å². The van der Waals surface area contributed by atoms with Crippen LogP contribution in [0.2, 0.25) is 0 Å². The van der Waals surface area contributed by atoms with Gasteiger partial charge in [-0.15, -0.1) is 0 Å². The van der Waals surface area contributed by atoms with Gasteiger partial charge in [-0.1, -0.05) is 12.2 Å². The van der Waals surface area contributed by atoms with Gasteiger partial charge in [0.2, 0.25) is 5.91 Å². The van der Waals surface area contributed by atoms with E-state index in [9.17, 15) is 4.79 Å². The Bertz CT molecular complexity index is 168. The van der Waals surface area contributed by atoms with Crippen molar-refractivity contribution in [2.45, 2.75) is 20.3 Å². The fourth-order valence-corrected chi connectivity index (χ4v) is 1.15. The first kappa shape index (κ1) is 11.6. The van der Waals surface area contributed by atoms with E-state index in [2.05, 4.69) is 19.2 Å². The predicted octanol–water partition coefficient (Wildman–Crippen LogP) is 1.73. The SMILES string of the molecule is C=C(C)CN(CC)C(=O)CCS. The van der Waals surface area contributed by atoms with Gasteiger partial charge in [0.15, 0.2) is 0 Å². The predicted molar refractivity (Wildman–Crippen MR) is 55.5 cm³/mol. The molecule has 70 valence electrons. The standard InChI is InChI=1S/C9H17NOS/c1-4-10(7-8(2)3)9(11)5-6-12/h12H,2,4-7H2,1,3H3. The third-order valence-electron chi connectivity index (χ3n) is 1.52. The molecule has 0 unspecified atom stereocenters. The first-order chi connectivity index (χ1) is 5.61. The minimum Gasteiger partial charge on any atom is -0.339 e. The molecule has 0 aromatic heterocycles. The molecule has 0 saturated heterocycles. The molecule has 1 amide bonds. The van der Waals surface area contributed by atoms with Crippen molar-refractivity contribution in [3.05, 3.63) is 12.2 Å².